The maximum atomic E-state index is 11.3. The average molecular weight is 310 g/mol. The highest BCUT2D eigenvalue weighted by molar-refractivity contribution is 7.99. The fourth-order valence-electron chi connectivity index (χ4n) is 3.88. The van der Waals surface area contributed by atoms with E-state index in [0.29, 0.717) is 0 Å². The fourth-order valence-corrected chi connectivity index (χ4v) is 4.79. The Balaban J connectivity index is 1.64. The normalized spacial score (nSPS) is 25.7. The molecule has 1 spiro atoms. The number of carboxylic acid groups (broad SMARTS) is 1. The lowest BCUT2D eigenvalue weighted by Gasteiger charge is -2.26. The molecule has 0 heterocycles. The number of hydrogen-bond donors (Lipinski definition) is 1. The molecule has 2 nitrogen and oxygen atoms in total. The Morgan fingerprint density at radius 3 is 2.68 bits per heavy atom. The van der Waals surface area contributed by atoms with E-state index >= 15 is 0 Å². The zero-order valence-corrected chi connectivity index (χ0v) is 13.1. The van der Waals surface area contributed by atoms with E-state index in [2.05, 4.69) is 42.5 Å². The predicted molar refractivity (Wildman–Crippen MR) is 87.4 cm³/mol. The Morgan fingerprint density at radius 2 is 1.95 bits per heavy atom. The van der Waals surface area contributed by atoms with Gasteiger partial charge in [0, 0.05) is 15.2 Å². The topological polar surface area (TPSA) is 37.3 Å². The highest BCUT2D eigenvalue weighted by atomic mass is 32.2. The second kappa shape index (κ2) is 5.17. The largest absolute Gasteiger partial charge is 0.481 e. The van der Waals surface area contributed by atoms with Crippen LogP contribution in [-0.4, -0.2) is 11.1 Å². The van der Waals surface area contributed by atoms with Crippen molar-refractivity contribution in [2.24, 2.45) is 5.92 Å². The molecule has 2 aliphatic rings. The van der Waals surface area contributed by atoms with E-state index in [-0.39, 0.29) is 11.3 Å². The predicted octanol–water partition coefficient (Wildman–Crippen LogP) is 4.52. The van der Waals surface area contributed by atoms with Crippen LogP contribution in [0.15, 0.2) is 58.3 Å². The van der Waals surface area contributed by atoms with E-state index in [4.69, 9.17) is 0 Å². The molecule has 112 valence electrons. The molecule has 0 bridgehead atoms. The molecule has 0 amide bonds. The number of rotatable bonds is 3. The molecule has 2 atom stereocenters. The third-order valence-electron chi connectivity index (χ3n) is 5.03. The summed E-state index contributed by atoms with van der Waals surface area (Å²) < 4.78 is 0. The van der Waals surface area contributed by atoms with Gasteiger partial charge in [-0.2, -0.15) is 0 Å². The lowest BCUT2D eigenvalue weighted by atomic mass is 9.78. The lowest BCUT2D eigenvalue weighted by Crippen LogP contribution is -2.21. The lowest BCUT2D eigenvalue weighted by molar-refractivity contribution is -0.139. The van der Waals surface area contributed by atoms with Gasteiger partial charge in [0.25, 0.3) is 0 Å². The molecule has 2 aliphatic carbocycles. The molecule has 0 radical (unpaired) electrons. The molecule has 0 unspecified atom stereocenters. The number of aliphatic carboxylic acids is 1. The molecule has 1 fully saturated rings. The van der Waals surface area contributed by atoms with Gasteiger partial charge in [0.2, 0.25) is 0 Å². The van der Waals surface area contributed by atoms with Gasteiger partial charge in [0.15, 0.2) is 0 Å². The zero-order chi connectivity index (χ0) is 15.2. The molecular weight excluding hydrogens is 292 g/mol. The summed E-state index contributed by atoms with van der Waals surface area (Å²) in [5, 5.41) is 9.34. The zero-order valence-electron chi connectivity index (χ0n) is 12.3. The third kappa shape index (κ3) is 2.24. The van der Waals surface area contributed by atoms with Crippen LogP contribution in [0.1, 0.15) is 30.4 Å². The maximum Gasteiger partial charge on any atom is 0.307 e. The monoisotopic (exact) mass is 310 g/mol. The number of benzene rings is 2. The Morgan fingerprint density at radius 1 is 1.14 bits per heavy atom. The first-order valence-corrected chi connectivity index (χ1v) is 8.60. The van der Waals surface area contributed by atoms with Crippen molar-refractivity contribution >= 4 is 17.7 Å². The van der Waals surface area contributed by atoms with Gasteiger partial charge in [0.1, 0.15) is 0 Å². The molecule has 2 aromatic rings. The summed E-state index contributed by atoms with van der Waals surface area (Å²) in [4.78, 5) is 13.8. The highest BCUT2D eigenvalue weighted by Crippen LogP contribution is 2.60. The van der Waals surface area contributed by atoms with E-state index < -0.39 is 5.97 Å². The first kappa shape index (κ1) is 13.9. The number of carbonyl (C=O) groups is 1. The standard InChI is InChI=1S/C19H18O2S/c20-18(21)17-12-19(17)10-4-5-13-11-15(8-9-16(13)19)22-14-6-2-1-3-7-14/h1-3,6-9,11,17H,4-5,10,12H2,(H,20,21)/t17-,19-/m0/s1. The SMILES string of the molecule is O=C(O)[C@@H]1C[C@]12CCCc1cc(Sc3ccccc3)ccc12. The number of aryl methyl sites for hydroxylation is 1. The van der Waals surface area contributed by atoms with Gasteiger partial charge >= 0.3 is 5.97 Å². The van der Waals surface area contributed by atoms with Crippen LogP contribution in [0, 0.1) is 5.92 Å². The Hall–Kier alpha value is -1.74. The van der Waals surface area contributed by atoms with E-state index in [0.717, 1.165) is 25.7 Å². The van der Waals surface area contributed by atoms with Gasteiger partial charge in [-0.05, 0) is 61.1 Å². The van der Waals surface area contributed by atoms with Gasteiger partial charge in [-0.15, -0.1) is 0 Å². The molecule has 22 heavy (non-hydrogen) atoms. The highest BCUT2D eigenvalue weighted by Gasteiger charge is 2.60. The van der Waals surface area contributed by atoms with Crippen LogP contribution in [0.4, 0.5) is 0 Å². The third-order valence-corrected chi connectivity index (χ3v) is 6.03. The summed E-state index contributed by atoms with van der Waals surface area (Å²) in [6.07, 6.45) is 4.03. The van der Waals surface area contributed by atoms with Crippen molar-refractivity contribution in [2.45, 2.75) is 40.9 Å². The van der Waals surface area contributed by atoms with Gasteiger partial charge in [-0.3, -0.25) is 4.79 Å². The summed E-state index contributed by atoms with van der Waals surface area (Å²) >= 11 is 1.77. The van der Waals surface area contributed by atoms with Crippen LogP contribution in [0.3, 0.4) is 0 Å². The second-order valence-corrected chi connectivity index (χ2v) is 7.49. The van der Waals surface area contributed by atoms with Crippen molar-refractivity contribution in [3.63, 3.8) is 0 Å². The van der Waals surface area contributed by atoms with Crippen molar-refractivity contribution in [1.29, 1.82) is 0 Å². The van der Waals surface area contributed by atoms with E-state index in [9.17, 15) is 9.90 Å². The molecule has 4 rings (SSSR count). The van der Waals surface area contributed by atoms with Crippen LogP contribution in [0.2, 0.25) is 0 Å². The molecule has 2 aromatic carbocycles. The van der Waals surface area contributed by atoms with E-state index in [1.165, 1.54) is 20.9 Å². The molecule has 1 saturated carbocycles. The Kier molecular flexibility index (Phi) is 3.26. The first-order chi connectivity index (χ1) is 10.7. The van der Waals surface area contributed by atoms with Crippen LogP contribution >= 0.6 is 11.8 Å². The maximum absolute atomic E-state index is 11.3. The molecule has 0 aromatic heterocycles. The van der Waals surface area contributed by atoms with Crippen LogP contribution < -0.4 is 0 Å². The summed E-state index contributed by atoms with van der Waals surface area (Å²) in [7, 11) is 0. The summed E-state index contributed by atoms with van der Waals surface area (Å²) in [5.74, 6) is -0.797. The molecule has 3 heteroatoms. The van der Waals surface area contributed by atoms with Crippen molar-refractivity contribution in [1.82, 2.24) is 0 Å². The minimum Gasteiger partial charge on any atom is -0.481 e. The number of hydrogen-bond acceptors (Lipinski definition) is 2. The minimum atomic E-state index is -0.629. The average Bonchev–Trinajstić information content (AvgIpc) is 3.24. The quantitative estimate of drug-likeness (QED) is 0.906. The smallest absolute Gasteiger partial charge is 0.307 e. The first-order valence-electron chi connectivity index (χ1n) is 7.78. The minimum absolute atomic E-state index is 0.0602. The molecule has 1 N–H and O–H groups in total. The van der Waals surface area contributed by atoms with Crippen molar-refractivity contribution in [3.05, 3.63) is 59.7 Å². The van der Waals surface area contributed by atoms with E-state index in [1.807, 2.05) is 6.07 Å². The summed E-state index contributed by atoms with van der Waals surface area (Å²) in [5.41, 5.74) is 2.59. The number of carboxylic acids is 1. The van der Waals surface area contributed by atoms with E-state index in [1.54, 1.807) is 11.8 Å². The van der Waals surface area contributed by atoms with Crippen molar-refractivity contribution in [3.8, 4) is 0 Å². The molecular formula is C19H18O2S. The van der Waals surface area contributed by atoms with Crippen LogP contribution in [0.5, 0.6) is 0 Å². The second-order valence-electron chi connectivity index (χ2n) is 6.34. The van der Waals surface area contributed by atoms with Gasteiger partial charge in [0.05, 0.1) is 5.92 Å². The molecule has 0 aliphatic heterocycles. The van der Waals surface area contributed by atoms with Gasteiger partial charge < -0.3 is 5.11 Å². The van der Waals surface area contributed by atoms with Crippen molar-refractivity contribution in [2.75, 3.05) is 0 Å². The Labute approximate surface area is 134 Å². The molecule has 0 saturated heterocycles. The van der Waals surface area contributed by atoms with Crippen LogP contribution in [-0.2, 0) is 16.6 Å². The number of fused-ring (bicyclic) bond motifs is 2. The van der Waals surface area contributed by atoms with Crippen molar-refractivity contribution < 1.29 is 9.90 Å². The summed E-state index contributed by atoms with van der Waals surface area (Å²) in [6, 6.07) is 17.0. The van der Waals surface area contributed by atoms with Gasteiger partial charge in [-0.1, -0.05) is 36.0 Å². The summed E-state index contributed by atoms with van der Waals surface area (Å²) in [6.45, 7) is 0. The van der Waals surface area contributed by atoms with Crippen LogP contribution in [0.25, 0.3) is 0 Å². The fraction of sp³-hybridized carbons (Fsp3) is 0.316. The van der Waals surface area contributed by atoms with Gasteiger partial charge in [-0.25, -0.2) is 0 Å². The Bertz CT molecular complexity index is 725.